The summed E-state index contributed by atoms with van der Waals surface area (Å²) in [5.74, 6) is -0.435. The normalized spacial score (nSPS) is 20.3. The molecule has 0 radical (unpaired) electrons. The summed E-state index contributed by atoms with van der Waals surface area (Å²) in [5.41, 5.74) is 1.95. The molecule has 1 aromatic carbocycles. The molecule has 23 heavy (non-hydrogen) atoms. The Morgan fingerprint density at radius 2 is 2.00 bits per heavy atom. The van der Waals surface area contributed by atoms with Crippen molar-refractivity contribution in [3.05, 3.63) is 34.7 Å². The summed E-state index contributed by atoms with van der Waals surface area (Å²) in [5, 5.41) is 8.69. The van der Waals surface area contributed by atoms with Crippen molar-refractivity contribution >= 4 is 51.4 Å². The summed E-state index contributed by atoms with van der Waals surface area (Å²) in [6.07, 6.45) is 0.983. The van der Waals surface area contributed by atoms with E-state index in [1.54, 1.807) is 11.9 Å². The highest BCUT2D eigenvalue weighted by molar-refractivity contribution is 8.26. The van der Waals surface area contributed by atoms with Gasteiger partial charge in [-0.3, -0.25) is 14.5 Å². The van der Waals surface area contributed by atoms with E-state index in [0.717, 1.165) is 23.0 Å². The van der Waals surface area contributed by atoms with Gasteiger partial charge in [-0.1, -0.05) is 42.2 Å². The Hall–Kier alpha value is -2.17. The molecule has 0 unspecified atom stereocenters. The molecule has 7 heteroatoms. The van der Waals surface area contributed by atoms with Crippen LogP contribution in [0.2, 0.25) is 0 Å². The van der Waals surface area contributed by atoms with E-state index in [4.69, 9.17) is 17.5 Å². The van der Waals surface area contributed by atoms with Crippen molar-refractivity contribution < 1.29 is 9.59 Å². The standard InChI is InChI=1S/C16H13N3O2S2/c1-18-15(21)13(23-16(18)22)12-10-6-2-3-7-11(10)19(14(12)20)9-5-4-8-17/h2-3,6-7H,4-5,9H2,1H3/b13-12+. The fourth-order valence-electron chi connectivity index (χ4n) is 2.63. The Morgan fingerprint density at radius 1 is 1.26 bits per heavy atom. The Morgan fingerprint density at radius 3 is 2.65 bits per heavy atom. The number of nitriles is 1. The van der Waals surface area contributed by atoms with Crippen molar-refractivity contribution in [1.82, 2.24) is 4.90 Å². The minimum atomic E-state index is -0.239. The van der Waals surface area contributed by atoms with Crippen LogP contribution in [0.1, 0.15) is 18.4 Å². The molecule has 2 heterocycles. The van der Waals surface area contributed by atoms with Gasteiger partial charge in [0, 0.05) is 25.6 Å². The second kappa shape index (κ2) is 6.14. The number of thioether (sulfide) groups is 1. The average molecular weight is 343 g/mol. The van der Waals surface area contributed by atoms with E-state index < -0.39 is 0 Å². The number of carbonyl (C=O) groups is 2. The van der Waals surface area contributed by atoms with Crippen molar-refractivity contribution in [3.63, 3.8) is 0 Å². The molecule has 0 aromatic heterocycles. The van der Waals surface area contributed by atoms with E-state index in [9.17, 15) is 9.59 Å². The zero-order valence-electron chi connectivity index (χ0n) is 12.4. The van der Waals surface area contributed by atoms with Crippen molar-refractivity contribution in [2.24, 2.45) is 0 Å². The van der Waals surface area contributed by atoms with Gasteiger partial charge in [-0.05, 0) is 12.5 Å². The Kier molecular flexibility index (Phi) is 4.20. The summed E-state index contributed by atoms with van der Waals surface area (Å²) in [4.78, 5) is 28.6. The molecule has 0 aliphatic carbocycles. The molecule has 0 spiro atoms. The third-order valence-corrected chi connectivity index (χ3v) is 5.34. The van der Waals surface area contributed by atoms with Gasteiger partial charge in [-0.25, -0.2) is 0 Å². The van der Waals surface area contributed by atoms with Crippen LogP contribution in [-0.4, -0.2) is 34.6 Å². The van der Waals surface area contributed by atoms with Crippen LogP contribution in [0.4, 0.5) is 5.69 Å². The predicted molar refractivity (Wildman–Crippen MR) is 93.5 cm³/mol. The molecule has 2 amide bonds. The van der Waals surface area contributed by atoms with E-state index in [2.05, 4.69) is 6.07 Å². The molecule has 1 saturated heterocycles. The minimum absolute atomic E-state index is 0.196. The highest BCUT2D eigenvalue weighted by Crippen LogP contribution is 2.44. The van der Waals surface area contributed by atoms with E-state index in [1.807, 2.05) is 24.3 Å². The summed E-state index contributed by atoms with van der Waals surface area (Å²) in [6, 6.07) is 9.49. The largest absolute Gasteiger partial charge is 0.308 e. The van der Waals surface area contributed by atoms with Crippen LogP contribution in [0, 0.1) is 11.3 Å². The molecule has 2 aliphatic heterocycles. The number of likely N-dealkylation sites (N-methyl/N-ethyl adjacent to an activating group) is 1. The number of hydrogen-bond acceptors (Lipinski definition) is 5. The fraction of sp³-hybridized carbons (Fsp3) is 0.250. The summed E-state index contributed by atoms with van der Waals surface area (Å²) < 4.78 is 0.450. The van der Waals surface area contributed by atoms with Gasteiger partial charge in [-0.15, -0.1) is 0 Å². The molecule has 0 atom stereocenters. The monoisotopic (exact) mass is 343 g/mol. The lowest BCUT2D eigenvalue weighted by Crippen LogP contribution is -2.28. The molecule has 0 bridgehead atoms. The predicted octanol–water partition coefficient (Wildman–Crippen LogP) is 2.54. The summed E-state index contributed by atoms with van der Waals surface area (Å²) in [6.45, 7) is 0.458. The smallest absolute Gasteiger partial charge is 0.266 e. The molecule has 3 rings (SSSR count). The number of para-hydroxylation sites is 1. The molecule has 116 valence electrons. The van der Waals surface area contributed by atoms with Crippen LogP contribution < -0.4 is 4.90 Å². The van der Waals surface area contributed by atoms with Crippen LogP contribution in [0.15, 0.2) is 29.2 Å². The number of fused-ring (bicyclic) bond motifs is 1. The van der Waals surface area contributed by atoms with Gasteiger partial charge in [0.25, 0.3) is 11.8 Å². The van der Waals surface area contributed by atoms with Gasteiger partial charge < -0.3 is 4.90 Å². The van der Waals surface area contributed by atoms with Crippen LogP contribution in [0.25, 0.3) is 5.57 Å². The summed E-state index contributed by atoms with van der Waals surface area (Å²) in [7, 11) is 1.61. The van der Waals surface area contributed by atoms with Gasteiger partial charge in [0.15, 0.2) is 0 Å². The average Bonchev–Trinajstić information content (AvgIpc) is 2.96. The Bertz CT molecular complexity index is 795. The first-order chi connectivity index (χ1) is 11.1. The SMILES string of the molecule is CN1C(=O)/C(=C2\C(=O)N(CCCC#N)c3ccccc32)SC1=S. The van der Waals surface area contributed by atoms with Gasteiger partial charge in [0.1, 0.15) is 4.32 Å². The number of carbonyl (C=O) groups excluding carboxylic acids is 2. The Labute approximate surface area is 143 Å². The van der Waals surface area contributed by atoms with Gasteiger partial charge in [-0.2, -0.15) is 5.26 Å². The third kappa shape index (κ3) is 2.54. The first-order valence-electron chi connectivity index (χ1n) is 7.08. The van der Waals surface area contributed by atoms with Crippen molar-refractivity contribution in [1.29, 1.82) is 5.26 Å². The maximum absolute atomic E-state index is 12.9. The molecule has 0 N–H and O–H groups in total. The number of benzene rings is 1. The molecular formula is C16H13N3O2S2. The van der Waals surface area contributed by atoms with E-state index in [1.165, 1.54) is 4.90 Å². The maximum atomic E-state index is 12.9. The number of anilines is 1. The van der Waals surface area contributed by atoms with Crippen LogP contribution in [-0.2, 0) is 9.59 Å². The van der Waals surface area contributed by atoms with Crippen molar-refractivity contribution in [2.45, 2.75) is 12.8 Å². The number of rotatable bonds is 3. The maximum Gasteiger partial charge on any atom is 0.266 e. The van der Waals surface area contributed by atoms with Gasteiger partial charge in [0.05, 0.1) is 22.2 Å². The molecule has 0 saturated carbocycles. The molecular weight excluding hydrogens is 330 g/mol. The first kappa shape index (κ1) is 15.7. The topological polar surface area (TPSA) is 64.4 Å². The second-order valence-corrected chi connectivity index (χ2v) is 6.82. The van der Waals surface area contributed by atoms with E-state index in [-0.39, 0.29) is 11.8 Å². The number of unbranched alkanes of at least 4 members (excludes halogenated alkanes) is 1. The number of nitrogens with zero attached hydrogens (tertiary/aromatic N) is 3. The number of thiocarbonyl (C=S) groups is 1. The van der Waals surface area contributed by atoms with E-state index >= 15 is 0 Å². The molecule has 1 fully saturated rings. The third-order valence-electron chi connectivity index (χ3n) is 3.78. The van der Waals surface area contributed by atoms with E-state index in [0.29, 0.717) is 34.2 Å². The van der Waals surface area contributed by atoms with Gasteiger partial charge in [0.2, 0.25) is 0 Å². The van der Waals surface area contributed by atoms with Gasteiger partial charge >= 0.3 is 0 Å². The molecule has 2 aliphatic rings. The summed E-state index contributed by atoms with van der Waals surface area (Å²) >= 11 is 6.32. The number of hydrogen-bond donors (Lipinski definition) is 0. The van der Waals surface area contributed by atoms with Crippen LogP contribution >= 0.6 is 24.0 Å². The molecule has 5 nitrogen and oxygen atoms in total. The lowest BCUT2D eigenvalue weighted by molar-refractivity contribution is -0.121. The minimum Gasteiger partial charge on any atom is -0.308 e. The fourth-order valence-corrected chi connectivity index (χ4v) is 3.88. The first-order valence-corrected chi connectivity index (χ1v) is 8.31. The zero-order valence-corrected chi connectivity index (χ0v) is 14.0. The highest BCUT2D eigenvalue weighted by Gasteiger charge is 2.40. The van der Waals surface area contributed by atoms with Crippen molar-refractivity contribution in [2.75, 3.05) is 18.5 Å². The lowest BCUT2D eigenvalue weighted by atomic mass is 10.1. The molecule has 1 aromatic rings. The Balaban J connectivity index is 2.07. The lowest BCUT2D eigenvalue weighted by Gasteiger charge is -2.16. The highest BCUT2D eigenvalue weighted by atomic mass is 32.2. The number of amides is 2. The zero-order chi connectivity index (χ0) is 16.6. The second-order valence-electron chi connectivity index (χ2n) is 5.17. The van der Waals surface area contributed by atoms with Crippen LogP contribution in [0.5, 0.6) is 0 Å². The quantitative estimate of drug-likeness (QED) is 0.479. The van der Waals surface area contributed by atoms with Crippen LogP contribution in [0.3, 0.4) is 0 Å². The van der Waals surface area contributed by atoms with Crippen molar-refractivity contribution in [3.8, 4) is 6.07 Å².